The fourth-order valence-electron chi connectivity index (χ4n) is 4.15. The molecule has 1 aromatic carbocycles. The number of hydrogen-bond acceptors (Lipinski definition) is 5. The van der Waals surface area contributed by atoms with Gasteiger partial charge in [-0.05, 0) is 25.0 Å². The molecular formula is C19H21N7. The van der Waals surface area contributed by atoms with Crippen molar-refractivity contribution in [3.8, 4) is 11.1 Å². The predicted octanol–water partition coefficient (Wildman–Crippen LogP) is 3.64. The summed E-state index contributed by atoms with van der Waals surface area (Å²) in [4.78, 5) is 11.8. The number of H-pyrrole nitrogens is 1. The van der Waals surface area contributed by atoms with Gasteiger partial charge >= 0.3 is 0 Å². The number of aromatic amines is 1. The van der Waals surface area contributed by atoms with E-state index >= 15 is 0 Å². The van der Waals surface area contributed by atoms with Crippen LogP contribution in [0.5, 0.6) is 0 Å². The zero-order chi connectivity index (χ0) is 17.7. The van der Waals surface area contributed by atoms with Crippen molar-refractivity contribution in [2.24, 2.45) is 0 Å². The van der Waals surface area contributed by atoms with Gasteiger partial charge in [-0.15, -0.1) is 0 Å². The Hall–Kier alpha value is -3.09. The molecule has 1 aliphatic carbocycles. The second-order valence-corrected chi connectivity index (χ2v) is 7.06. The number of aromatic nitrogens is 5. The highest BCUT2D eigenvalue weighted by Crippen LogP contribution is 2.36. The molecule has 1 saturated carbocycles. The quantitative estimate of drug-likeness (QED) is 0.512. The SMILES string of the molecule is Nc1nc(N)c2c(cc(-c3cnn(C4CCCCC4)c3)c3nccc32)[nH]1. The van der Waals surface area contributed by atoms with Crippen LogP contribution >= 0.6 is 0 Å². The third kappa shape index (κ3) is 2.31. The molecule has 1 fully saturated rings. The van der Waals surface area contributed by atoms with E-state index in [1.54, 1.807) is 6.20 Å². The topological polar surface area (TPSA) is 111 Å². The Labute approximate surface area is 150 Å². The van der Waals surface area contributed by atoms with E-state index in [1.165, 1.54) is 32.1 Å². The Bertz CT molecular complexity index is 1100. The predicted molar refractivity (Wildman–Crippen MR) is 104 cm³/mol. The standard InChI is InChI=1S/C19H21N7/c20-18-16-13-6-7-22-17(13)14(8-15(16)24-19(21)25-18)11-9-23-26(10-11)12-4-2-1-3-5-12/h6-10,12H,1-5,20H2,(H3,21,24,25). The molecule has 4 aromatic rings. The molecule has 0 radical (unpaired) electrons. The molecule has 0 amide bonds. The summed E-state index contributed by atoms with van der Waals surface area (Å²) in [6.07, 6.45) is 12.2. The van der Waals surface area contributed by atoms with Crippen LogP contribution in [0.4, 0.5) is 11.8 Å². The van der Waals surface area contributed by atoms with Gasteiger partial charge in [0.15, 0.2) is 5.95 Å². The first-order valence-corrected chi connectivity index (χ1v) is 9.07. The number of nitrogen functional groups attached to an aromatic ring is 2. The first-order valence-electron chi connectivity index (χ1n) is 9.07. The van der Waals surface area contributed by atoms with Gasteiger partial charge in [0.05, 0.1) is 23.3 Å². The summed E-state index contributed by atoms with van der Waals surface area (Å²) in [5.74, 6) is 0.719. The van der Waals surface area contributed by atoms with Gasteiger partial charge in [0.2, 0.25) is 0 Å². The maximum Gasteiger partial charge on any atom is 0.199 e. The maximum absolute atomic E-state index is 6.12. The molecule has 0 unspecified atom stereocenters. The molecule has 5 rings (SSSR count). The van der Waals surface area contributed by atoms with Crippen LogP contribution in [0.1, 0.15) is 38.1 Å². The molecule has 3 aromatic heterocycles. The van der Waals surface area contributed by atoms with E-state index in [0.29, 0.717) is 17.8 Å². The minimum absolute atomic E-state index is 0.303. The van der Waals surface area contributed by atoms with E-state index in [0.717, 1.165) is 32.9 Å². The summed E-state index contributed by atoms with van der Waals surface area (Å²) in [5, 5.41) is 6.47. The Morgan fingerprint density at radius 3 is 2.85 bits per heavy atom. The van der Waals surface area contributed by atoms with Crippen molar-refractivity contribution < 1.29 is 0 Å². The van der Waals surface area contributed by atoms with Crippen LogP contribution in [0.15, 0.2) is 30.7 Å². The van der Waals surface area contributed by atoms with E-state index in [2.05, 4.69) is 30.9 Å². The molecule has 0 aliphatic heterocycles. The van der Waals surface area contributed by atoms with Crippen LogP contribution in [-0.4, -0.2) is 24.7 Å². The summed E-state index contributed by atoms with van der Waals surface area (Å²) in [5.41, 5.74) is 15.8. The Balaban J connectivity index is 1.69. The Morgan fingerprint density at radius 2 is 2.00 bits per heavy atom. The lowest BCUT2D eigenvalue weighted by Crippen LogP contribution is -2.12. The monoisotopic (exact) mass is 347 g/mol. The fourth-order valence-corrected chi connectivity index (χ4v) is 4.15. The van der Waals surface area contributed by atoms with Gasteiger partial charge in [0.25, 0.3) is 0 Å². The largest absolute Gasteiger partial charge is 0.383 e. The van der Waals surface area contributed by atoms with Crippen LogP contribution in [0, 0.1) is 0 Å². The van der Waals surface area contributed by atoms with Crippen molar-refractivity contribution in [3.05, 3.63) is 30.7 Å². The van der Waals surface area contributed by atoms with Gasteiger partial charge in [0, 0.05) is 34.3 Å². The maximum atomic E-state index is 6.12. The van der Waals surface area contributed by atoms with Gasteiger partial charge in [-0.25, -0.2) is 0 Å². The number of benzene rings is 1. The number of nitrogens with zero attached hydrogens (tertiary/aromatic N) is 4. The molecule has 7 nitrogen and oxygen atoms in total. The van der Waals surface area contributed by atoms with Gasteiger partial charge < -0.3 is 16.5 Å². The van der Waals surface area contributed by atoms with Crippen molar-refractivity contribution in [3.63, 3.8) is 0 Å². The first kappa shape index (κ1) is 15.2. The number of nitrogens with two attached hydrogens (primary N) is 2. The second kappa shape index (κ2) is 5.72. The van der Waals surface area contributed by atoms with Crippen LogP contribution in [0.2, 0.25) is 0 Å². The molecule has 0 spiro atoms. The average molecular weight is 347 g/mol. The summed E-state index contributed by atoms with van der Waals surface area (Å²) in [7, 11) is 0. The van der Waals surface area contributed by atoms with Crippen LogP contribution < -0.4 is 11.5 Å². The summed E-state index contributed by atoms with van der Waals surface area (Å²) >= 11 is 0. The molecule has 26 heavy (non-hydrogen) atoms. The molecule has 0 bridgehead atoms. The normalized spacial score (nSPS) is 15.8. The fraction of sp³-hybridized carbons (Fsp3) is 0.316. The molecule has 0 saturated heterocycles. The highest BCUT2D eigenvalue weighted by Gasteiger charge is 2.19. The molecule has 7 heteroatoms. The highest BCUT2D eigenvalue weighted by molar-refractivity contribution is 6.15. The third-order valence-electron chi connectivity index (χ3n) is 5.40. The van der Waals surface area contributed by atoms with Gasteiger partial charge in [-0.3, -0.25) is 9.67 Å². The molecule has 1 aliphatic rings. The van der Waals surface area contributed by atoms with E-state index in [9.17, 15) is 0 Å². The Kier molecular flexibility index (Phi) is 3.34. The van der Waals surface area contributed by atoms with Crippen molar-refractivity contribution >= 4 is 33.6 Å². The number of fused-ring (bicyclic) bond motifs is 3. The molecule has 3 heterocycles. The lowest BCUT2D eigenvalue weighted by Gasteiger charge is -2.21. The molecule has 5 N–H and O–H groups in total. The second-order valence-electron chi connectivity index (χ2n) is 7.06. The lowest BCUT2D eigenvalue weighted by molar-refractivity contribution is 0.329. The average Bonchev–Trinajstić information content (AvgIpc) is 3.31. The van der Waals surface area contributed by atoms with Crippen molar-refractivity contribution in [1.82, 2.24) is 24.7 Å². The summed E-state index contributed by atoms with van der Waals surface area (Å²) < 4.78 is 2.12. The Morgan fingerprint density at radius 1 is 1.15 bits per heavy atom. The first-order chi connectivity index (χ1) is 12.7. The zero-order valence-electron chi connectivity index (χ0n) is 14.4. The summed E-state index contributed by atoms with van der Waals surface area (Å²) in [6, 6.07) is 4.51. The van der Waals surface area contributed by atoms with Gasteiger partial charge in [-0.2, -0.15) is 10.1 Å². The minimum atomic E-state index is 0.303. The smallest absolute Gasteiger partial charge is 0.199 e. The lowest BCUT2D eigenvalue weighted by atomic mass is 9.96. The van der Waals surface area contributed by atoms with Crippen molar-refractivity contribution in [1.29, 1.82) is 0 Å². The third-order valence-corrected chi connectivity index (χ3v) is 5.40. The number of nitrogens with one attached hydrogen (secondary N) is 1. The van der Waals surface area contributed by atoms with E-state index in [1.807, 2.05) is 18.3 Å². The zero-order valence-corrected chi connectivity index (χ0v) is 14.4. The number of anilines is 2. The summed E-state index contributed by atoms with van der Waals surface area (Å²) in [6.45, 7) is 0. The number of rotatable bonds is 2. The van der Waals surface area contributed by atoms with Crippen molar-refractivity contribution in [2.75, 3.05) is 11.5 Å². The van der Waals surface area contributed by atoms with Crippen LogP contribution in [0.25, 0.3) is 32.9 Å². The van der Waals surface area contributed by atoms with E-state index in [4.69, 9.17) is 11.5 Å². The molecule has 0 atom stereocenters. The van der Waals surface area contributed by atoms with Crippen LogP contribution in [0.3, 0.4) is 0 Å². The van der Waals surface area contributed by atoms with Gasteiger partial charge in [-0.1, -0.05) is 19.3 Å². The molecule has 132 valence electrons. The minimum Gasteiger partial charge on any atom is -0.383 e. The number of hydrogen-bond donors (Lipinski definition) is 3. The van der Waals surface area contributed by atoms with Crippen molar-refractivity contribution in [2.45, 2.75) is 38.1 Å². The van der Waals surface area contributed by atoms with Gasteiger partial charge in [0.1, 0.15) is 5.82 Å². The van der Waals surface area contributed by atoms with E-state index in [-0.39, 0.29) is 0 Å². The highest BCUT2D eigenvalue weighted by atomic mass is 15.3. The van der Waals surface area contributed by atoms with E-state index < -0.39 is 0 Å². The van der Waals surface area contributed by atoms with Crippen LogP contribution in [-0.2, 0) is 0 Å². The molecular weight excluding hydrogens is 326 g/mol.